The number of aromatic nitrogens is 3. The predicted molar refractivity (Wildman–Crippen MR) is 111 cm³/mol. The number of aryl methyl sites for hydroxylation is 1. The molecule has 0 aliphatic heterocycles. The molecule has 0 radical (unpaired) electrons. The third kappa shape index (κ3) is 4.31. The van der Waals surface area contributed by atoms with Crippen molar-refractivity contribution in [2.75, 3.05) is 24.6 Å². The quantitative estimate of drug-likeness (QED) is 0.415. The van der Waals surface area contributed by atoms with Crippen LogP contribution < -0.4 is 4.67 Å². The van der Waals surface area contributed by atoms with Crippen LogP contribution in [0.4, 0.5) is 19.0 Å². The first kappa shape index (κ1) is 22.1. The van der Waals surface area contributed by atoms with Crippen molar-refractivity contribution in [3.05, 3.63) is 34.1 Å². The van der Waals surface area contributed by atoms with Gasteiger partial charge in [0, 0.05) is 18.5 Å². The van der Waals surface area contributed by atoms with E-state index in [2.05, 4.69) is 15.0 Å². The zero-order valence-corrected chi connectivity index (χ0v) is 18.7. The Bertz CT molecular complexity index is 925. The van der Waals surface area contributed by atoms with Gasteiger partial charge in [0.15, 0.2) is 5.16 Å². The highest BCUT2D eigenvalue weighted by atomic mass is 32.2. The van der Waals surface area contributed by atoms with Crippen molar-refractivity contribution in [3.8, 4) is 5.88 Å². The van der Waals surface area contributed by atoms with E-state index in [-0.39, 0.29) is 29.5 Å². The van der Waals surface area contributed by atoms with E-state index in [0.29, 0.717) is 37.4 Å². The van der Waals surface area contributed by atoms with E-state index in [1.165, 1.54) is 24.8 Å². The summed E-state index contributed by atoms with van der Waals surface area (Å²) in [6.07, 6.45) is -2.00. The molecule has 29 heavy (non-hydrogen) atoms. The molecule has 0 spiro atoms. The Balaban J connectivity index is 2.16. The van der Waals surface area contributed by atoms with Crippen LogP contribution in [0.1, 0.15) is 40.9 Å². The molecule has 158 valence electrons. The van der Waals surface area contributed by atoms with E-state index >= 15 is 0 Å². The fourth-order valence-corrected chi connectivity index (χ4v) is 4.53. The average Bonchev–Trinajstić information content (AvgIpc) is 2.65. The zero-order chi connectivity index (χ0) is 21.5. The molecule has 1 aliphatic carbocycles. The molecule has 2 heterocycles. The molecule has 0 saturated carbocycles. The van der Waals surface area contributed by atoms with Crippen LogP contribution in [-0.4, -0.2) is 40.0 Å². The lowest BCUT2D eigenvalue weighted by Crippen LogP contribution is -2.28. The number of thioether (sulfide) groups is 1. The Morgan fingerprint density at radius 1 is 1.24 bits per heavy atom. The van der Waals surface area contributed by atoms with Gasteiger partial charge in [0.2, 0.25) is 5.88 Å². The number of rotatable bonds is 4. The molecular weight excluding hydrogens is 420 g/mol. The molecule has 5 nitrogen and oxygen atoms in total. The van der Waals surface area contributed by atoms with Crippen molar-refractivity contribution < 1.29 is 18.3 Å². The van der Waals surface area contributed by atoms with E-state index in [4.69, 9.17) is 0 Å². The first-order valence-electron chi connectivity index (χ1n) is 9.19. The van der Waals surface area contributed by atoms with Gasteiger partial charge in [-0.15, -0.1) is 0 Å². The number of hydrogen-bond acceptors (Lipinski definition) is 6. The Morgan fingerprint density at radius 2 is 1.93 bits per heavy atom. The Labute approximate surface area is 174 Å². The van der Waals surface area contributed by atoms with Gasteiger partial charge in [-0.05, 0) is 59.0 Å². The second-order valence-electron chi connectivity index (χ2n) is 7.29. The summed E-state index contributed by atoms with van der Waals surface area (Å²) in [5.41, 5.74) is 0.821. The average molecular weight is 444 g/mol. The number of aromatic hydroxyl groups is 1. The maximum atomic E-state index is 14.0. The normalized spacial score (nSPS) is 19.6. The molecule has 2 aromatic rings. The third-order valence-corrected chi connectivity index (χ3v) is 6.85. The lowest BCUT2D eigenvalue weighted by Gasteiger charge is -2.32. The summed E-state index contributed by atoms with van der Waals surface area (Å²) >= 11 is 1.29. The van der Waals surface area contributed by atoms with Gasteiger partial charge >= 0.3 is 6.18 Å². The summed E-state index contributed by atoms with van der Waals surface area (Å²) in [5, 5.41) is 10.7. The van der Waals surface area contributed by atoms with Crippen LogP contribution in [0.15, 0.2) is 11.2 Å². The Morgan fingerprint density at radius 3 is 2.52 bits per heavy atom. The minimum absolute atomic E-state index is 0.0690. The van der Waals surface area contributed by atoms with Crippen LogP contribution in [0.25, 0.3) is 0 Å². The third-order valence-electron chi connectivity index (χ3n) is 5.40. The van der Waals surface area contributed by atoms with E-state index in [1.54, 1.807) is 6.26 Å². The van der Waals surface area contributed by atoms with E-state index < -0.39 is 17.7 Å². The van der Waals surface area contributed by atoms with E-state index in [0.717, 1.165) is 0 Å². The molecule has 0 saturated heterocycles. The first-order valence-corrected chi connectivity index (χ1v) is 11.9. The Hall–Kier alpha value is -1.60. The minimum atomic E-state index is -4.49. The molecule has 1 aliphatic rings. The van der Waals surface area contributed by atoms with Crippen molar-refractivity contribution in [2.45, 2.75) is 43.9 Å². The van der Waals surface area contributed by atoms with E-state index in [1.807, 2.05) is 25.3 Å². The smallest absolute Gasteiger partial charge is 0.418 e. The summed E-state index contributed by atoms with van der Waals surface area (Å²) < 4.78 is 43.8. The predicted octanol–water partition coefficient (Wildman–Crippen LogP) is 4.80. The van der Waals surface area contributed by atoms with Crippen LogP contribution in [0.2, 0.25) is 0 Å². The lowest BCUT2D eigenvalue weighted by molar-refractivity contribution is -0.139. The van der Waals surface area contributed by atoms with Gasteiger partial charge in [-0.25, -0.2) is 9.97 Å². The maximum absolute atomic E-state index is 14.0. The monoisotopic (exact) mass is 444 g/mol. The molecule has 0 fully saturated rings. The second-order valence-corrected chi connectivity index (χ2v) is 9.18. The van der Waals surface area contributed by atoms with Gasteiger partial charge in [0.25, 0.3) is 0 Å². The summed E-state index contributed by atoms with van der Waals surface area (Å²) in [4.78, 5) is 13.0. The standard InChI is InChI=1S/C19H24F3N4OPS/c1-9-6-12-13(23-18(29-5)25-17(12)27)8-11(9)16-15(19(20,21)22)10(2)7-14(24-16)26(3)28-4/h7,9,11,28H,6,8H2,1-5H3,(H,23,25,27). The molecule has 10 heteroatoms. The molecule has 2 aromatic heterocycles. The molecule has 3 rings (SSSR count). The highest BCUT2D eigenvalue weighted by Crippen LogP contribution is 2.45. The fourth-order valence-electron chi connectivity index (χ4n) is 3.81. The van der Waals surface area contributed by atoms with Crippen LogP contribution in [0, 0.1) is 12.8 Å². The van der Waals surface area contributed by atoms with Gasteiger partial charge in [-0.2, -0.15) is 18.2 Å². The van der Waals surface area contributed by atoms with Crippen LogP contribution in [-0.2, 0) is 19.0 Å². The van der Waals surface area contributed by atoms with Gasteiger partial charge in [-0.1, -0.05) is 18.7 Å². The molecular formula is C19H24F3N4OPS. The zero-order valence-electron chi connectivity index (χ0n) is 16.9. The molecule has 0 aromatic carbocycles. The maximum Gasteiger partial charge on any atom is 0.418 e. The number of anilines is 1. The van der Waals surface area contributed by atoms with Crippen molar-refractivity contribution in [3.63, 3.8) is 0 Å². The van der Waals surface area contributed by atoms with Gasteiger partial charge in [-0.3, -0.25) is 0 Å². The summed E-state index contributed by atoms with van der Waals surface area (Å²) in [5.74, 6) is -0.129. The van der Waals surface area contributed by atoms with Crippen molar-refractivity contribution >= 4 is 26.3 Å². The van der Waals surface area contributed by atoms with Crippen LogP contribution >= 0.6 is 20.5 Å². The van der Waals surface area contributed by atoms with Gasteiger partial charge in [0.1, 0.15) is 5.82 Å². The lowest BCUT2D eigenvalue weighted by atomic mass is 9.75. The first-order chi connectivity index (χ1) is 13.6. The van der Waals surface area contributed by atoms with Crippen molar-refractivity contribution in [1.29, 1.82) is 0 Å². The highest BCUT2D eigenvalue weighted by Gasteiger charge is 2.41. The van der Waals surface area contributed by atoms with Crippen LogP contribution in [0.3, 0.4) is 0 Å². The molecule has 0 amide bonds. The van der Waals surface area contributed by atoms with Crippen LogP contribution in [0.5, 0.6) is 5.88 Å². The molecule has 1 N–H and O–H groups in total. The second kappa shape index (κ2) is 8.26. The summed E-state index contributed by atoms with van der Waals surface area (Å²) in [7, 11) is 2.21. The number of nitrogens with zero attached hydrogens (tertiary/aromatic N) is 4. The SMILES string of the molecule is CPN(C)c1cc(C)c(C(F)(F)F)c(C2Cc3nc(SC)nc(O)c3CC2C)n1. The number of alkyl halides is 3. The highest BCUT2D eigenvalue weighted by molar-refractivity contribution is 7.98. The van der Waals surface area contributed by atoms with Crippen molar-refractivity contribution in [2.24, 2.45) is 5.92 Å². The number of hydrogen-bond donors (Lipinski definition) is 1. The fraction of sp³-hybridized carbons (Fsp3) is 0.526. The minimum Gasteiger partial charge on any atom is -0.493 e. The topological polar surface area (TPSA) is 62.1 Å². The molecule has 3 unspecified atom stereocenters. The summed E-state index contributed by atoms with van der Waals surface area (Å²) in [6.45, 7) is 5.34. The molecule has 3 atom stereocenters. The largest absolute Gasteiger partial charge is 0.493 e. The molecule has 0 bridgehead atoms. The van der Waals surface area contributed by atoms with Gasteiger partial charge in [0.05, 0.1) is 17.0 Å². The number of pyridine rings is 1. The van der Waals surface area contributed by atoms with Gasteiger partial charge < -0.3 is 9.78 Å². The number of halogens is 3. The van der Waals surface area contributed by atoms with E-state index in [9.17, 15) is 18.3 Å². The van der Waals surface area contributed by atoms with Crippen molar-refractivity contribution in [1.82, 2.24) is 15.0 Å². The Kier molecular flexibility index (Phi) is 6.30. The number of fused-ring (bicyclic) bond motifs is 1. The summed E-state index contributed by atoms with van der Waals surface area (Å²) in [6, 6.07) is 1.50.